The van der Waals surface area contributed by atoms with Gasteiger partial charge in [0.25, 0.3) is 0 Å². The Morgan fingerprint density at radius 1 is 1.11 bits per heavy atom. The van der Waals surface area contributed by atoms with Crippen molar-refractivity contribution in [3.8, 4) is 5.75 Å². The van der Waals surface area contributed by atoms with Crippen molar-refractivity contribution < 1.29 is 13.5 Å². The molecular weight excluding hydrogens is 256 g/mol. The first-order chi connectivity index (χ1) is 9.17. The van der Waals surface area contributed by atoms with Crippen molar-refractivity contribution in [1.29, 1.82) is 0 Å². The van der Waals surface area contributed by atoms with Gasteiger partial charge in [-0.05, 0) is 24.3 Å². The SMILES string of the molecule is NNc1cncc(Nc2ccc(OC(F)F)cc2)n1. The molecule has 0 saturated heterocycles. The van der Waals surface area contributed by atoms with Crippen LogP contribution < -0.4 is 21.3 Å². The summed E-state index contributed by atoms with van der Waals surface area (Å²) in [6.07, 6.45) is 2.97. The Morgan fingerprint density at radius 3 is 2.42 bits per heavy atom. The summed E-state index contributed by atoms with van der Waals surface area (Å²) in [6, 6.07) is 6.02. The van der Waals surface area contributed by atoms with Crippen molar-refractivity contribution in [1.82, 2.24) is 9.97 Å². The molecule has 0 radical (unpaired) electrons. The third kappa shape index (κ3) is 3.75. The molecule has 0 aliphatic rings. The Kier molecular flexibility index (Phi) is 4.04. The number of hydrazine groups is 1. The third-order valence-corrected chi connectivity index (χ3v) is 2.13. The van der Waals surface area contributed by atoms with Crippen LogP contribution in [0.25, 0.3) is 0 Å². The quantitative estimate of drug-likeness (QED) is 0.568. The fourth-order valence-corrected chi connectivity index (χ4v) is 1.36. The first-order valence-corrected chi connectivity index (χ1v) is 5.28. The highest BCUT2D eigenvalue weighted by Gasteiger charge is 2.04. The van der Waals surface area contributed by atoms with Crippen LogP contribution in [0.2, 0.25) is 0 Å². The van der Waals surface area contributed by atoms with Crippen molar-refractivity contribution >= 4 is 17.3 Å². The van der Waals surface area contributed by atoms with Gasteiger partial charge in [-0.25, -0.2) is 10.8 Å². The van der Waals surface area contributed by atoms with Crippen LogP contribution in [-0.2, 0) is 0 Å². The van der Waals surface area contributed by atoms with Crippen molar-refractivity contribution in [3.05, 3.63) is 36.7 Å². The van der Waals surface area contributed by atoms with Crippen LogP contribution in [0.5, 0.6) is 5.75 Å². The highest BCUT2D eigenvalue weighted by Crippen LogP contribution is 2.20. The fourth-order valence-electron chi connectivity index (χ4n) is 1.36. The average molecular weight is 267 g/mol. The zero-order valence-corrected chi connectivity index (χ0v) is 9.68. The minimum atomic E-state index is -2.84. The van der Waals surface area contributed by atoms with E-state index in [9.17, 15) is 8.78 Å². The summed E-state index contributed by atoms with van der Waals surface area (Å²) in [4.78, 5) is 8.01. The fraction of sp³-hybridized carbons (Fsp3) is 0.0909. The van der Waals surface area contributed by atoms with E-state index in [2.05, 4.69) is 25.4 Å². The van der Waals surface area contributed by atoms with Crippen LogP contribution in [0.15, 0.2) is 36.7 Å². The molecule has 0 unspecified atom stereocenters. The van der Waals surface area contributed by atoms with Gasteiger partial charge in [-0.3, -0.25) is 4.98 Å². The van der Waals surface area contributed by atoms with Crippen LogP contribution in [0.1, 0.15) is 0 Å². The largest absolute Gasteiger partial charge is 0.435 e. The molecule has 8 heteroatoms. The van der Waals surface area contributed by atoms with E-state index in [1.54, 1.807) is 12.1 Å². The molecule has 100 valence electrons. The summed E-state index contributed by atoms with van der Waals surface area (Å²) in [6.45, 7) is -2.84. The van der Waals surface area contributed by atoms with E-state index in [0.29, 0.717) is 17.3 Å². The van der Waals surface area contributed by atoms with Crippen LogP contribution in [-0.4, -0.2) is 16.6 Å². The van der Waals surface area contributed by atoms with Gasteiger partial charge in [-0.15, -0.1) is 0 Å². The zero-order chi connectivity index (χ0) is 13.7. The number of nitrogens with zero attached hydrogens (tertiary/aromatic N) is 2. The topological polar surface area (TPSA) is 85.1 Å². The monoisotopic (exact) mass is 267 g/mol. The number of hydrogen-bond acceptors (Lipinski definition) is 6. The molecule has 0 spiro atoms. The molecule has 19 heavy (non-hydrogen) atoms. The molecular formula is C11H11F2N5O. The van der Waals surface area contributed by atoms with Crippen LogP contribution in [0, 0.1) is 0 Å². The molecule has 6 nitrogen and oxygen atoms in total. The maximum atomic E-state index is 12.0. The van der Waals surface area contributed by atoms with Gasteiger partial charge in [0.05, 0.1) is 12.4 Å². The summed E-state index contributed by atoms with van der Waals surface area (Å²) in [5, 5.41) is 2.95. The number of rotatable bonds is 5. The smallest absolute Gasteiger partial charge is 0.387 e. The molecule has 2 rings (SSSR count). The predicted octanol–water partition coefficient (Wildman–Crippen LogP) is 2.11. The number of nitrogens with two attached hydrogens (primary N) is 1. The Labute approximate surface area is 107 Å². The minimum absolute atomic E-state index is 0.0870. The van der Waals surface area contributed by atoms with E-state index in [4.69, 9.17) is 5.84 Å². The van der Waals surface area contributed by atoms with Gasteiger partial charge in [0, 0.05) is 5.69 Å². The van der Waals surface area contributed by atoms with Gasteiger partial charge >= 0.3 is 6.61 Å². The van der Waals surface area contributed by atoms with E-state index >= 15 is 0 Å². The number of halogens is 2. The van der Waals surface area contributed by atoms with Gasteiger partial charge in [-0.2, -0.15) is 8.78 Å². The van der Waals surface area contributed by atoms with Gasteiger partial charge in [-0.1, -0.05) is 0 Å². The molecule has 4 N–H and O–H groups in total. The normalized spacial score (nSPS) is 10.3. The Bertz CT molecular complexity index is 535. The molecule has 1 aromatic heterocycles. The number of anilines is 3. The maximum absolute atomic E-state index is 12.0. The lowest BCUT2D eigenvalue weighted by Crippen LogP contribution is -2.09. The summed E-state index contributed by atoms with van der Waals surface area (Å²) >= 11 is 0. The van der Waals surface area contributed by atoms with Crippen molar-refractivity contribution in [2.45, 2.75) is 6.61 Å². The lowest BCUT2D eigenvalue weighted by molar-refractivity contribution is -0.0498. The number of ether oxygens (including phenoxy) is 1. The van der Waals surface area contributed by atoms with Gasteiger partial charge in [0.1, 0.15) is 5.75 Å². The second-order valence-corrected chi connectivity index (χ2v) is 3.46. The number of aromatic nitrogens is 2. The molecule has 0 saturated carbocycles. The van der Waals surface area contributed by atoms with Crippen LogP contribution in [0.4, 0.5) is 26.1 Å². The van der Waals surface area contributed by atoms with Crippen molar-refractivity contribution in [2.24, 2.45) is 5.84 Å². The average Bonchev–Trinajstić information content (AvgIpc) is 2.41. The second kappa shape index (κ2) is 5.91. The van der Waals surface area contributed by atoms with Crippen LogP contribution in [0.3, 0.4) is 0 Å². The summed E-state index contributed by atoms with van der Waals surface area (Å²) in [5.41, 5.74) is 3.02. The summed E-state index contributed by atoms with van der Waals surface area (Å²) in [7, 11) is 0. The van der Waals surface area contributed by atoms with Gasteiger partial charge < -0.3 is 15.5 Å². The molecule has 0 aliphatic heterocycles. The van der Waals surface area contributed by atoms with E-state index in [-0.39, 0.29) is 5.75 Å². The van der Waals surface area contributed by atoms with Crippen LogP contribution >= 0.6 is 0 Å². The lowest BCUT2D eigenvalue weighted by atomic mass is 10.3. The van der Waals surface area contributed by atoms with Crippen molar-refractivity contribution in [3.63, 3.8) is 0 Å². The minimum Gasteiger partial charge on any atom is -0.435 e. The summed E-state index contributed by atoms with van der Waals surface area (Å²) in [5.74, 6) is 6.17. The van der Waals surface area contributed by atoms with E-state index in [0.717, 1.165) is 0 Å². The number of nitrogens with one attached hydrogen (secondary N) is 2. The van der Waals surface area contributed by atoms with Gasteiger partial charge in [0.2, 0.25) is 0 Å². The first kappa shape index (κ1) is 13.0. The molecule has 2 aromatic rings. The first-order valence-electron chi connectivity index (χ1n) is 5.28. The molecule has 1 heterocycles. The van der Waals surface area contributed by atoms with Gasteiger partial charge in [0.15, 0.2) is 11.6 Å². The molecule has 0 amide bonds. The number of hydrogen-bond donors (Lipinski definition) is 3. The molecule has 0 aliphatic carbocycles. The van der Waals surface area contributed by atoms with Crippen molar-refractivity contribution in [2.75, 3.05) is 10.7 Å². The summed E-state index contributed by atoms with van der Waals surface area (Å²) < 4.78 is 28.2. The van der Waals surface area contributed by atoms with E-state index in [1.165, 1.54) is 24.5 Å². The lowest BCUT2D eigenvalue weighted by Gasteiger charge is -2.08. The highest BCUT2D eigenvalue weighted by molar-refractivity contribution is 5.57. The van der Waals surface area contributed by atoms with E-state index in [1.807, 2.05) is 0 Å². The Morgan fingerprint density at radius 2 is 1.79 bits per heavy atom. The Balaban J connectivity index is 2.06. The Hall–Kier alpha value is -2.48. The number of benzene rings is 1. The second-order valence-electron chi connectivity index (χ2n) is 3.46. The number of nitrogen functional groups attached to an aromatic ring is 1. The predicted molar refractivity (Wildman–Crippen MR) is 66.2 cm³/mol. The number of alkyl halides is 2. The maximum Gasteiger partial charge on any atom is 0.387 e. The molecule has 0 atom stereocenters. The standard InChI is InChI=1S/C11H11F2N5O/c12-11(13)19-8-3-1-7(2-4-8)16-9-5-15-6-10(17-9)18-14/h1-6,11H,14H2,(H2,16,17,18). The van der Waals surface area contributed by atoms with E-state index < -0.39 is 6.61 Å². The zero-order valence-electron chi connectivity index (χ0n) is 9.68. The molecule has 0 fully saturated rings. The molecule has 1 aromatic carbocycles. The highest BCUT2D eigenvalue weighted by atomic mass is 19.3. The third-order valence-electron chi connectivity index (χ3n) is 2.13. The molecule has 0 bridgehead atoms.